The molecule has 2 saturated heterocycles. The van der Waals surface area contributed by atoms with Crippen molar-refractivity contribution in [2.24, 2.45) is 0 Å². The Bertz CT molecular complexity index is 930. The number of aromatic nitrogens is 3. The summed E-state index contributed by atoms with van der Waals surface area (Å²) in [5.41, 5.74) is 1.60. The second-order valence-electron chi connectivity index (χ2n) is 9.05. The number of carbonyl (C=O) groups is 1. The molecule has 2 aromatic heterocycles. The first-order valence-corrected chi connectivity index (χ1v) is 11.9. The number of pyridine rings is 1. The summed E-state index contributed by atoms with van der Waals surface area (Å²) < 4.78 is 5.91. The molecule has 0 bridgehead atoms. The number of anilines is 2. The van der Waals surface area contributed by atoms with E-state index in [1.807, 2.05) is 24.0 Å². The van der Waals surface area contributed by atoms with Gasteiger partial charge < -0.3 is 19.4 Å². The number of nitrogens with zero attached hydrogens (tertiary/aromatic N) is 6. The molecule has 32 heavy (non-hydrogen) atoms. The smallest absolute Gasteiger partial charge is 0.255 e. The molecule has 4 heterocycles. The molecular formula is C24H32N6O2. The number of rotatable bonds is 5. The van der Waals surface area contributed by atoms with Crippen LogP contribution in [0, 0.1) is 6.92 Å². The van der Waals surface area contributed by atoms with E-state index in [4.69, 9.17) is 9.72 Å². The van der Waals surface area contributed by atoms with E-state index in [-0.39, 0.29) is 12.0 Å². The number of aryl methyl sites for hydroxylation is 1. The van der Waals surface area contributed by atoms with Crippen molar-refractivity contribution in [2.45, 2.75) is 51.6 Å². The van der Waals surface area contributed by atoms with Crippen LogP contribution >= 0.6 is 0 Å². The van der Waals surface area contributed by atoms with E-state index in [2.05, 4.69) is 25.8 Å². The number of amides is 1. The van der Waals surface area contributed by atoms with Crippen LogP contribution in [0.25, 0.3) is 0 Å². The predicted molar refractivity (Wildman–Crippen MR) is 123 cm³/mol. The van der Waals surface area contributed by atoms with E-state index in [1.165, 1.54) is 25.7 Å². The van der Waals surface area contributed by atoms with E-state index >= 15 is 0 Å². The Balaban J connectivity index is 1.18. The molecule has 2 aromatic rings. The number of hydrogen-bond donors (Lipinski definition) is 0. The first-order chi connectivity index (χ1) is 15.7. The molecular weight excluding hydrogens is 404 g/mol. The molecule has 8 heteroatoms. The summed E-state index contributed by atoms with van der Waals surface area (Å²) in [7, 11) is 0. The summed E-state index contributed by atoms with van der Waals surface area (Å²) in [5.74, 6) is 2.43. The van der Waals surface area contributed by atoms with Gasteiger partial charge in [-0.2, -0.15) is 4.98 Å². The molecule has 0 atom stereocenters. The highest BCUT2D eigenvalue weighted by Gasteiger charge is 2.25. The van der Waals surface area contributed by atoms with Gasteiger partial charge in [0.1, 0.15) is 11.9 Å². The third-order valence-electron chi connectivity index (χ3n) is 6.68. The van der Waals surface area contributed by atoms with Crippen molar-refractivity contribution < 1.29 is 9.53 Å². The van der Waals surface area contributed by atoms with Crippen molar-refractivity contribution in [3.63, 3.8) is 0 Å². The van der Waals surface area contributed by atoms with Gasteiger partial charge in [-0.1, -0.05) is 0 Å². The highest BCUT2D eigenvalue weighted by Crippen LogP contribution is 2.24. The maximum atomic E-state index is 13.0. The molecule has 0 unspecified atom stereocenters. The molecule has 1 aliphatic carbocycles. The van der Waals surface area contributed by atoms with Crippen LogP contribution in [0.4, 0.5) is 11.8 Å². The zero-order valence-electron chi connectivity index (χ0n) is 18.9. The van der Waals surface area contributed by atoms with E-state index < -0.39 is 0 Å². The second-order valence-corrected chi connectivity index (χ2v) is 9.05. The Kier molecular flexibility index (Phi) is 6.10. The monoisotopic (exact) mass is 436 g/mol. The van der Waals surface area contributed by atoms with Gasteiger partial charge >= 0.3 is 0 Å². The minimum atomic E-state index is 0.0208. The van der Waals surface area contributed by atoms with Crippen molar-refractivity contribution in [3.8, 4) is 5.88 Å². The van der Waals surface area contributed by atoms with Crippen LogP contribution in [0.1, 0.15) is 54.6 Å². The quantitative estimate of drug-likeness (QED) is 0.713. The van der Waals surface area contributed by atoms with Crippen LogP contribution in [0.2, 0.25) is 0 Å². The molecule has 0 aromatic carbocycles. The number of ether oxygens (including phenoxy) is 1. The van der Waals surface area contributed by atoms with E-state index in [0.717, 1.165) is 56.5 Å². The van der Waals surface area contributed by atoms with Crippen LogP contribution in [0.15, 0.2) is 24.4 Å². The molecule has 5 rings (SSSR count). The molecule has 8 nitrogen and oxygen atoms in total. The van der Waals surface area contributed by atoms with Crippen LogP contribution in [-0.4, -0.2) is 71.1 Å². The fourth-order valence-electron chi connectivity index (χ4n) is 4.83. The summed E-state index contributed by atoms with van der Waals surface area (Å²) in [5, 5.41) is 0. The maximum absolute atomic E-state index is 13.0. The van der Waals surface area contributed by atoms with Gasteiger partial charge in [0.2, 0.25) is 11.8 Å². The van der Waals surface area contributed by atoms with Crippen molar-refractivity contribution in [1.82, 2.24) is 19.9 Å². The van der Waals surface area contributed by atoms with Gasteiger partial charge in [0, 0.05) is 63.3 Å². The first-order valence-electron chi connectivity index (χ1n) is 11.9. The van der Waals surface area contributed by atoms with Crippen molar-refractivity contribution in [2.75, 3.05) is 49.1 Å². The number of carbonyl (C=O) groups excluding carboxylic acids is 1. The van der Waals surface area contributed by atoms with Crippen LogP contribution < -0.4 is 14.5 Å². The summed E-state index contributed by atoms with van der Waals surface area (Å²) in [6, 6.07) is 5.72. The van der Waals surface area contributed by atoms with Crippen LogP contribution in [-0.2, 0) is 0 Å². The summed E-state index contributed by atoms with van der Waals surface area (Å²) in [6.45, 7) is 6.91. The van der Waals surface area contributed by atoms with Crippen molar-refractivity contribution in [1.29, 1.82) is 0 Å². The SMILES string of the molecule is Cc1cc(N2CCCC2)nc(N2CCN(C(=O)c3ccc(OC4CCCC4)nc3)CC2)n1. The topological polar surface area (TPSA) is 74.7 Å². The summed E-state index contributed by atoms with van der Waals surface area (Å²) in [6.07, 6.45) is 9.00. The van der Waals surface area contributed by atoms with Gasteiger partial charge in [0.15, 0.2) is 0 Å². The minimum absolute atomic E-state index is 0.0208. The standard InChI is InChI=1S/C24H32N6O2/c1-18-16-21(28-10-4-5-11-28)27-24(26-18)30-14-12-29(13-15-30)23(31)19-8-9-22(25-17-19)32-20-6-2-3-7-20/h8-9,16-17,20H,2-7,10-15H2,1H3. The van der Waals surface area contributed by atoms with Gasteiger partial charge in [0.25, 0.3) is 5.91 Å². The lowest BCUT2D eigenvalue weighted by Crippen LogP contribution is -2.49. The molecule has 0 N–H and O–H groups in total. The van der Waals surface area contributed by atoms with Gasteiger partial charge in [0.05, 0.1) is 5.56 Å². The highest BCUT2D eigenvalue weighted by molar-refractivity contribution is 5.94. The third kappa shape index (κ3) is 4.64. The highest BCUT2D eigenvalue weighted by atomic mass is 16.5. The molecule has 1 amide bonds. The molecule has 170 valence electrons. The normalized spacial score (nSPS) is 19.6. The van der Waals surface area contributed by atoms with Gasteiger partial charge in [-0.3, -0.25) is 4.79 Å². The van der Waals surface area contributed by atoms with Gasteiger partial charge in [-0.25, -0.2) is 9.97 Å². The van der Waals surface area contributed by atoms with Gasteiger partial charge in [-0.05, 0) is 51.5 Å². The molecule has 0 radical (unpaired) electrons. The first kappa shape index (κ1) is 21.0. The number of hydrogen-bond acceptors (Lipinski definition) is 7. The second kappa shape index (κ2) is 9.30. The molecule has 1 saturated carbocycles. The lowest BCUT2D eigenvalue weighted by molar-refractivity contribution is 0.0745. The predicted octanol–water partition coefficient (Wildman–Crippen LogP) is 3.06. The lowest BCUT2D eigenvalue weighted by atomic mass is 10.2. The third-order valence-corrected chi connectivity index (χ3v) is 6.68. The molecule has 0 spiro atoms. The average molecular weight is 437 g/mol. The Hall–Kier alpha value is -2.90. The van der Waals surface area contributed by atoms with E-state index in [9.17, 15) is 4.79 Å². The van der Waals surface area contributed by atoms with Crippen LogP contribution in [0.5, 0.6) is 5.88 Å². The van der Waals surface area contributed by atoms with Crippen molar-refractivity contribution >= 4 is 17.7 Å². The summed E-state index contributed by atoms with van der Waals surface area (Å²) in [4.78, 5) is 33.3. The summed E-state index contributed by atoms with van der Waals surface area (Å²) >= 11 is 0. The lowest BCUT2D eigenvalue weighted by Gasteiger charge is -2.35. The largest absolute Gasteiger partial charge is 0.474 e. The number of piperazine rings is 1. The van der Waals surface area contributed by atoms with E-state index in [1.54, 1.807) is 6.20 Å². The van der Waals surface area contributed by atoms with E-state index in [0.29, 0.717) is 24.5 Å². The molecule has 3 fully saturated rings. The minimum Gasteiger partial charge on any atom is -0.474 e. The molecule has 2 aliphatic heterocycles. The van der Waals surface area contributed by atoms with Crippen molar-refractivity contribution in [3.05, 3.63) is 35.7 Å². The Morgan fingerprint density at radius 1 is 0.938 bits per heavy atom. The van der Waals surface area contributed by atoms with Crippen LogP contribution in [0.3, 0.4) is 0 Å². The Morgan fingerprint density at radius 2 is 1.69 bits per heavy atom. The fourth-order valence-corrected chi connectivity index (χ4v) is 4.83. The Labute approximate surface area is 189 Å². The zero-order valence-corrected chi connectivity index (χ0v) is 18.9. The molecule has 3 aliphatic rings. The fraction of sp³-hybridized carbons (Fsp3) is 0.583. The Morgan fingerprint density at radius 3 is 2.38 bits per heavy atom. The van der Waals surface area contributed by atoms with Gasteiger partial charge in [-0.15, -0.1) is 0 Å². The average Bonchev–Trinajstić information content (AvgIpc) is 3.54. The maximum Gasteiger partial charge on any atom is 0.255 e. The zero-order chi connectivity index (χ0) is 21.9.